The van der Waals surface area contributed by atoms with Crippen LogP contribution in [0, 0.1) is 6.42 Å². The Morgan fingerprint density at radius 3 is 2.74 bits per heavy atom. The first-order valence-electron chi connectivity index (χ1n) is 9.56. The third-order valence-electron chi connectivity index (χ3n) is 5.48. The minimum absolute atomic E-state index is 0.456. The number of aromatic nitrogens is 1. The van der Waals surface area contributed by atoms with Gasteiger partial charge in [-0.1, -0.05) is 12.1 Å². The number of likely N-dealkylation sites (tertiary alicyclic amines) is 1. The maximum absolute atomic E-state index is 12.2. The number of hydrogen-bond donors (Lipinski definition) is 0. The summed E-state index contributed by atoms with van der Waals surface area (Å²) in [6, 6.07) is 7.14. The molecule has 1 aromatic carbocycles. The van der Waals surface area contributed by atoms with Gasteiger partial charge in [-0.25, -0.2) is 9.59 Å². The van der Waals surface area contributed by atoms with Crippen molar-refractivity contribution in [1.29, 1.82) is 0 Å². The first kappa shape index (κ1) is 17.6. The molecule has 0 unspecified atom stereocenters. The number of benzene rings is 1. The van der Waals surface area contributed by atoms with Gasteiger partial charge in [0, 0.05) is 56.5 Å². The molecule has 1 aliphatic heterocycles. The summed E-state index contributed by atoms with van der Waals surface area (Å²) in [5, 5.41) is 0.456. The molecule has 0 N–H and O–H groups in total. The number of nitrogens with zero attached hydrogens (tertiary/aromatic N) is 2. The predicted octanol–water partition coefficient (Wildman–Crippen LogP) is 3.17. The standard InChI is InChI=1S/C22H24N2O3/c25-21-19-11-4-5-12-20(19)23(22(26)27-21)13-8-16-24(14-6-7-15-24)17-18-9-2-1-3-10-18/h1-5,9-12,17H,6-8,13-16H2/q+2. The van der Waals surface area contributed by atoms with Gasteiger partial charge in [-0.3, -0.25) is 9.05 Å². The van der Waals surface area contributed by atoms with E-state index in [1.165, 1.54) is 18.4 Å². The van der Waals surface area contributed by atoms with Gasteiger partial charge in [0.2, 0.25) is 0 Å². The van der Waals surface area contributed by atoms with E-state index in [1.54, 1.807) is 16.7 Å². The molecule has 5 nitrogen and oxygen atoms in total. The maximum atomic E-state index is 12.2. The number of hydrogen-bond acceptors (Lipinski definition) is 3. The Hall–Kier alpha value is -2.79. The first-order chi connectivity index (χ1) is 13.2. The van der Waals surface area contributed by atoms with E-state index in [4.69, 9.17) is 4.42 Å². The Balaban J connectivity index is 1.54. The molecule has 0 amide bonds. The Morgan fingerprint density at radius 2 is 1.96 bits per heavy atom. The fourth-order valence-electron chi connectivity index (χ4n) is 4.16. The molecule has 138 valence electrons. The summed E-state index contributed by atoms with van der Waals surface area (Å²) in [5.74, 6) is -0.571. The topological polar surface area (TPSA) is 52.2 Å². The molecule has 0 bridgehead atoms. The van der Waals surface area contributed by atoms with Crippen LogP contribution in [0.3, 0.4) is 0 Å². The molecular weight excluding hydrogens is 340 g/mol. The van der Waals surface area contributed by atoms with Crippen molar-refractivity contribution in [2.75, 3.05) is 19.6 Å². The number of allylic oxidation sites excluding steroid dienone is 5. The number of aryl methyl sites for hydroxylation is 1. The highest BCUT2D eigenvalue weighted by Crippen LogP contribution is 2.24. The summed E-state index contributed by atoms with van der Waals surface area (Å²) < 4.78 is 7.44. The number of para-hydroxylation sites is 1. The molecular formula is C22H24N2O3+2. The van der Waals surface area contributed by atoms with Crippen LogP contribution >= 0.6 is 0 Å². The molecule has 2 heterocycles. The van der Waals surface area contributed by atoms with Crippen molar-refractivity contribution in [2.24, 2.45) is 0 Å². The van der Waals surface area contributed by atoms with Gasteiger partial charge in [0.25, 0.3) is 0 Å². The average Bonchev–Trinajstić information content (AvgIpc) is 3.14. The second kappa shape index (κ2) is 7.45. The van der Waals surface area contributed by atoms with E-state index in [9.17, 15) is 9.59 Å². The highest BCUT2D eigenvalue weighted by atomic mass is 16.4. The minimum Gasteiger partial charge on any atom is -0.372 e. The molecule has 0 radical (unpaired) electrons. The number of fused-ring (bicyclic) bond motifs is 1. The molecule has 0 spiro atoms. The lowest BCUT2D eigenvalue weighted by atomic mass is 10.1. The van der Waals surface area contributed by atoms with E-state index in [-0.39, 0.29) is 0 Å². The smallest absolute Gasteiger partial charge is 0.372 e. The molecule has 1 saturated heterocycles. The van der Waals surface area contributed by atoms with Gasteiger partial charge in [0.1, 0.15) is 5.57 Å². The van der Waals surface area contributed by atoms with Crippen LogP contribution in [-0.4, -0.2) is 28.7 Å². The third-order valence-corrected chi connectivity index (χ3v) is 5.48. The molecule has 0 saturated carbocycles. The summed E-state index contributed by atoms with van der Waals surface area (Å²) in [6.45, 7) is 3.78. The van der Waals surface area contributed by atoms with E-state index in [2.05, 4.69) is 30.8 Å². The molecule has 27 heavy (non-hydrogen) atoms. The Morgan fingerprint density at radius 1 is 1.15 bits per heavy atom. The van der Waals surface area contributed by atoms with Crippen LogP contribution < -0.4 is 11.4 Å². The number of quaternary nitrogens is 1. The quantitative estimate of drug-likeness (QED) is 0.605. The Bertz CT molecular complexity index is 1030. The molecule has 2 aliphatic rings. The van der Waals surface area contributed by atoms with Crippen LogP contribution in [0.4, 0.5) is 0 Å². The zero-order chi connectivity index (χ0) is 18.7. The Labute approximate surface area is 158 Å². The van der Waals surface area contributed by atoms with Crippen LogP contribution in [0.15, 0.2) is 74.3 Å². The molecule has 2 aromatic rings. The van der Waals surface area contributed by atoms with E-state index in [1.807, 2.05) is 18.2 Å². The molecule has 1 aromatic heterocycles. The van der Waals surface area contributed by atoms with Gasteiger partial charge in [-0.05, 0) is 12.1 Å². The van der Waals surface area contributed by atoms with E-state index >= 15 is 0 Å². The lowest BCUT2D eigenvalue weighted by Crippen LogP contribution is -2.41. The third kappa shape index (κ3) is 3.69. The van der Waals surface area contributed by atoms with Gasteiger partial charge in [-0.15, -0.1) is 0 Å². The van der Waals surface area contributed by atoms with Gasteiger partial charge in [0.15, 0.2) is 6.20 Å². The van der Waals surface area contributed by atoms with Crippen LogP contribution in [0.1, 0.15) is 19.3 Å². The highest BCUT2D eigenvalue weighted by molar-refractivity contribution is 5.77. The summed E-state index contributed by atoms with van der Waals surface area (Å²) in [4.78, 5) is 24.1. The van der Waals surface area contributed by atoms with Crippen LogP contribution in [-0.2, 0) is 6.54 Å². The van der Waals surface area contributed by atoms with E-state index < -0.39 is 11.4 Å². The lowest BCUT2D eigenvalue weighted by molar-refractivity contribution is -0.867. The molecule has 5 heteroatoms. The molecule has 0 atom stereocenters. The molecule has 4 rings (SSSR count). The second-order valence-corrected chi connectivity index (χ2v) is 7.31. The fourth-order valence-corrected chi connectivity index (χ4v) is 4.16. The lowest BCUT2D eigenvalue weighted by Gasteiger charge is -2.28. The van der Waals surface area contributed by atoms with Gasteiger partial charge in [0.05, 0.1) is 30.5 Å². The monoisotopic (exact) mass is 364 g/mol. The first-order valence-corrected chi connectivity index (χ1v) is 9.56. The van der Waals surface area contributed by atoms with Crippen molar-refractivity contribution < 1.29 is 8.90 Å². The summed E-state index contributed by atoms with van der Waals surface area (Å²) >= 11 is 0. The predicted molar refractivity (Wildman–Crippen MR) is 106 cm³/mol. The Kier molecular flexibility index (Phi) is 4.86. The second-order valence-electron chi connectivity index (χ2n) is 7.31. The van der Waals surface area contributed by atoms with Crippen molar-refractivity contribution in [3.8, 4) is 0 Å². The van der Waals surface area contributed by atoms with Crippen molar-refractivity contribution in [1.82, 2.24) is 4.57 Å². The summed E-state index contributed by atoms with van der Waals surface area (Å²) in [6.07, 6.45) is 16.1. The van der Waals surface area contributed by atoms with Crippen LogP contribution in [0.25, 0.3) is 10.9 Å². The largest absolute Gasteiger partial charge is 0.422 e. The molecule has 1 aliphatic carbocycles. The maximum Gasteiger partial charge on any atom is 0.422 e. The van der Waals surface area contributed by atoms with Crippen LogP contribution in [0.2, 0.25) is 0 Å². The number of rotatable bonds is 5. The fraction of sp³-hybridized carbons (Fsp3) is 0.318. The SMILES string of the molecule is O=c1oc(=O)n(CCC[N+]2(C=C3C=CC=C[CH+]3)CCCC2)c2ccccc12. The van der Waals surface area contributed by atoms with Crippen molar-refractivity contribution >= 4 is 10.9 Å². The van der Waals surface area contributed by atoms with Crippen molar-refractivity contribution in [3.05, 3.63) is 87.7 Å². The summed E-state index contributed by atoms with van der Waals surface area (Å²) in [7, 11) is 0. The average molecular weight is 364 g/mol. The van der Waals surface area contributed by atoms with Gasteiger partial charge < -0.3 is 4.42 Å². The van der Waals surface area contributed by atoms with Crippen molar-refractivity contribution in [3.63, 3.8) is 0 Å². The zero-order valence-corrected chi connectivity index (χ0v) is 15.3. The highest BCUT2D eigenvalue weighted by Gasteiger charge is 2.33. The van der Waals surface area contributed by atoms with E-state index in [0.717, 1.165) is 30.5 Å². The van der Waals surface area contributed by atoms with Gasteiger partial charge in [-0.2, -0.15) is 0 Å². The van der Waals surface area contributed by atoms with Crippen LogP contribution in [0.5, 0.6) is 0 Å². The summed E-state index contributed by atoms with van der Waals surface area (Å²) in [5.41, 5.74) is 1.33. The zero-order valence-electron chi connectivity index (χ0n) is 15.3. The minimum atomic E-state index is -0.571. The molecule has 1 fully saturated rings. The van der Waals surface area contributed by atoms with E-state index in [0.29, 0.717) is 17.4 Å². The normalized spacial score (nSPS) is 19.6. The van der Waals surface area contributed by atoms with Crippen molar-refractivity contribution in [2.45, 2.75) is 25.8 Å². The van der Waals surface area contributed by atoms with Gasteiger partial charge >= 0.3 is 11.4 Å².